The molecule has 3 aliphatic heterocycles. The van der Waals surface area contributed by atoms with Gasteiger partial charge < -0.3 is 39.3 Å². The quantitative estimate of drug-likeness (QED) is 0.0258. The van der Waals surface area contributed by atoms with Gasteiger partial charge in [0.2, 0.25) is 11.5 Å². The zero-order valence-corrected chi connectivity index (χ0v) is 50.5. The summed E-state index contributed by atoms with van der Waals surface area (Å²) in [6.07, 6.45) is 11.2. The third-order valence-corrected chi connectivity index (χ3v) is 16.6. The number of anilines is 1. The van der Waals surface area contributed by atoms with Crippen molar-refractivity contribution in [2.45, 2.75) is 150 Å². The Bertz CT molecular complexity index is 3420. The minimum absolute atomic E-state index is 0.00207. The number of ether oxygens (including phenoxy) is 5. The second kappa shape index (κ2) is 30.5. The maximum Gasteiger partial charge on any atom is 0.509 e. The number of hydrogen-bond donors (Lipinski definition) is 2. The van der Waals surface area contributed by atoms with E-state index < -0.39 is 23.6 Å². The lowest BCUT2D eigenvalue weighted by Crippen LogP contribution is -2.47. The number of pyridine rings is 2. The van der Waals surface area contributed by atoms with Gasteiger partial charge in [0, 0.05) is 91.2 Å². The number of rotatable bonds is 29. The second-order valence-corrected chi connectivity index (χ2v) is 22.8. The van der Waals surface area contributed by atoms with Crippen LogP contribution >= 0.6 is 0 Å². The summed E-state index contributed by atoms with van der Waals surface area (Å²) in [6, 6.07) is 15.4. The summed E-state index contributed by atoms with van der Waals surface area (Å²) in [7, 11) is 0. The molecule has 9 rings (SSSR count). The Morgan fingerprint density at radius 3 is 2.29 bits per heavy atom. The van der Waals surface area contributed by atoms with E-state index in [4.69, 9.17) is 34.4 Å². The van der Waals surface area contributed by atoms with E-state index in [0.29, 0.717) is 93.3 Å². The number of fused-ring (bicyclic) bond motifs is 5. The molecule has 0 saturated heterocycles. The third kappa shape index (κ3) is 16.3. The van der Waals surface area contributed by atoms with Gasteiger partial charge in [0.25, 0.3) is 17.4 Å². The Hall–Kier alpha value is -8.08. The number of nitrogens with two attached hydrogens (primary N) is 1. The molecule has 6 heterocycles. The van der Waals surface area contributed by atoms with Crippen LogP contribution in [0.25, 0.3) is 22.3 Å². The molecule has 1 saturated carbocycles. The molecule has 22 nitrogen and oxygen atoms in total. The first-order chi connectivity index (χ1) is 41.9. The van der Waals surface area contributed by atoms with Crippen LogP contribution in [-0.4, -0.2) is 123 Å². The molecule has 87 heavy (non-hydrogen) atoms. The first kappa shape index (κ1) is 64.9. The number of imide groups is 1. The highest BCUT2D eigenvalue weighted by Crippen LogP contribution is 2.42. The number of carbonyl (C=O) groups is 8. The van der Waals surface area contributed by atoms with E-state index in [0.717, 1.165) is 83.8 Å². The lowest BCUT2D eigenvalue weighted by atomic mass is 9.79. The predicted molar refractivity (Wildman–Crippen MR) is 321 cm³/mol. The van der Waals surface area contributed by atoms with Crippen LogP contribution in [0.3, 0.4) is 0 Å². The number of amides is 3. The number of ketones is 3. The van der Waals surface area contributed by atoms with Crippen molar-refractivity contribution in [3.63, 3.8) is 0 Å². The van der Waals surface area contributed by atoms with E-state index in [1.54, 1.807) is 29.2 Å². The van der Waals surface area contributed by atoms with Crippen molar-refractivity contribution in [2.75, 3.05) is 51.4 Å². The van der Waals surface area contributed by atoms with Crippen LogP contribution in [0, 0.1) is 31.6 Å². The molecule has 0 spiro atoms. The van der Waals surface area contributed by atoms with Gasteiger partial charge in [-0.25, -0.2) is 19.3 Å². The van der Waals surface area contributed by atoms with Crippen LogP contribution in [0.4, 0.5) is 10.5 Å². The highest BCUT2D eigenvalue weighted by atomic mass is 16.7. The normalized spacial score (nSPS) is 17.9. The lowest BCUT2D eigenvalue weighted by molar-refractivity contribution is -0.175. The number of nitrogens with zero attached hydrogens (tertiary/aromatic N) is 6. The summed E-state index contributed by atoms with van der Waals surface area (Å²) < 4.78 is 30.2. The first-order valence-corrected chi connectivity index (χ1v) is 30.4. The third-order valence-electron chi connectivity index (χ3n) is 16.6. The summed E-state index contributed by atoms with van der Waals surface area (Å²) in [4.78, 5) is 119. The second-order valence-electron chi connectivity index (χ2n) is 22.8. The number of aromatic nitrogens is 5. The standard InChI is InChI=1S/C39H54N6O8.C26H26N2O6/c1-28-7-13-32(14-8-28)41-39(51)31(5-2-3-19-40)23-35(47)27-53-26-34(46)6-4-21-52-22-20-44-25-33(42-43-44)15-16-36(48)30-11-9-29(10-12-30)24-45-37(49)17-18-38(45)50;1-5-15-16-10-14(4)8-9-20(16)27-22-17(15)12-28-21(22)11-19-18(23(28)29)13-33-24(30)26(19,6-2)34-25(31)32-7-3/h7-8,13-14,17-18,25,29-31H,2-6,9-12,15-16,19-24,26-27,40H2,1H3,(H,41,51);8-11H,5-7,12-13H2,1-4H3. The van der Waals surface area contributed by atoms with Crippen LogP contribution in [-0.2, 0) is 95.4 Å². The monoisotopic (exact) mass is 1200 g/mol. The zero-order chi connectivity index (χ0) is 62.2. The molecule has 0 radical (unpaired) electrons. The van der Waals surface area contributed by atoms with Crippen molar-refractivity contribution in [1.29, 1.82) is 0 Å². The van der Waals surface area contributed by atoms with Gasteiger partial charge in [-0.1, -0.05) is 54.8 Å². The Morgan fingerprint density at radius 2 is 1.57 bits per heavy atom. The number of Topliss-reactive ketones (excluding diaryl/α,β-unsaturated/α-hetero) is 3. The molecule has 2 unspecified atom stereocenters. The molecule has 3 N–H and O–H groups in total. The van der Waals surface area contributed by atoms with Gasteiger partial charge in [-0.05, 0) is 127 Å². The Kier molecular flexibility index (Phi) is 22.8. The summed E-state index contributed by atoms with van der Waals surface area (Å²) in [6.45, 7) is 11.6. The maximum atomic E-state index is 13.6. The van der Waals surface area contributed by atoms with Gasteiger partial charge in [-0.3, -0.25) is 38.5 Å². The smallest absolute Gasteiger partial charge is 0.457 e. The summed E-state index contributed by atoms with van der Waals surface area (Å²) in [5, 5.41) is 12.3. The molecule has 3 aromatic heterocycles. The highest BCUT2D eigenvalue weighted by molar-refractivity contribution is 6.12. The number of aryl methyl sites for hydroxylation is 4. The fourth-order valence-corrected chi connectivity index (χ4v) is 11.7. The van der Waals surface area contributed by atoms with Crippen LogP contribution in [0.2, 0.25) is 0 Å². The zero-order valence-electron chi connectivity index (χ0n) is 50.5. The average molecular weight is 1200 g/mol. The summed E-state index contributed by atoms with van der Waals surface area (Å²) in [5.74, 6) is -1.86. The number of cyclic esters (lactones) is 1. The molecular formula is C65H80N8O14. The number of unbranched alkanes of at least 4 members (excludes halogenated alkanes) is 1. The van der Waals surface area contributed by atoms with Crippen molar-refractivity contribution >= 4 is 63.8 Å². The van der Waals surface area contributed by atoms with E-state index >= 15 is 0 Å². The SMILES string of the molecule is CCOC(=O)OC1(CC)C(=O)OCc2c1cc1n(c2=O)Cc2c-1nc1ccc(C)cc1c2CC.Cc1ccc(NC(=O)C(CCCCN)CC(=O)COCC(=O)CCCOCCn2cc(CCC(=O)C3CCC(CN4C(=O)C=CC4=O)CC3)nn2)cc1. The van der Waals surface area contributed by atoms with Crippen molar-refractivity contribution in [3.05, 3.63) is 116 Å². The van der Waals surface area contributed by atoms with E-state index in [2.05, 4.69) is 28.6 Å². The predicted octanol–water partition coefficient (Wildman–Crippen LogP) is 7.68. The molecule has 464 valence electrons. The van der Waals surface area contributed by atoms with Crippen LogP contribution in [0.1, 0.15) is 137 Å². The number of esters is 1. The molecule has 2 atom stereocenters. The number of nitrogens with one attached hydrogen (secondary N) is 1. The molecule has 5 aromatic rings. The molecule has 3 amide bonds. The summed E-state index contributed by atoms with van der Waals surface area (Å²) >= 11 is 0. The minimum Gasteiger partial charge on any atom is -0.457 e. The van der Waals surface area contributed by atoms with Gasteiger partial charge >= 0.3 is 12.1 Å². The number of benzene rings is 2. The Morgan fingerprint density at radius 1 is 0.839 bits per heavy atom. The molecule has 1 fully saturated rings. The average Bonchev–Trinajstić information content (AvgIpc) is 1.68. The van der Waals surface area contributed by atoms with Crippen LogP contribution in [0.15, 0.2) is 71.7 Å². The fourth-order valence-electron chi connectivity index (χ4n) is 11.7. The summed E-state index contributed by atoms with van der Waals surface area (Å²) in [5.41, 5.74) is 12.2. The van der Waals surface area contributed by atoms with Gasteiger partial charge in [-0.2, -0.15) is 0 Å². The molecule has 0 bridgehead atoms. The van der Waals surface area contributed by atoms with Crippen LogP contribution in [0.5, 0.6) is 0 Å². The number of hydrogen-bond acceptors (Lipinski definition) is 18. The maximum absolute atomic E-state index is 13.6. The van der Waals surface area contributed by atoms with E-state index in [-0.39, 0.29) is 98.2 Å². The first-order valence-electron chi connectivity index (χ1n) is 30.4. The van der Waals surface area contributed by atoms with E-state index in [1.807, 2.05) is 56.4 Å². The topological polar surface area (TPSA) is 290 Å². The van der Waals surface area contributed by atoms with Gasteiger partial charge in [-0.15, -0.1) is 5.10 Å². The minimum atomic E-state index is -1.75. The van der Waals surface area contributed by atoms with Gasteiger partial charge in [0.1, 0.15) is 25.6 Å². The molecule has 4 aliphatic rings. The van der Waals surface area contributed by atoms with Crippen molar-refractivity contribution < 1.29 is 62.0 Å². The van der Waals surface area contributed by atoms with E-state index in [1.165, 1.54) is 17.1 Å². The molecular weight excluding hydrogens is 1120 g/mol. The highest BCUT2D eigenvalue weighted by Gasteiger charge is 2.51. The van der Waals surface area contributed by atoms with Crippen molar-refractivity contribution in [1.82, 2.24) is 29.4 Å². The fraction of sp³-hybridized carbons (Fsp3) is 0.508. The molecule has 2 aromatic carbocycles. The Balaban J connectivity index is 0.000000247. The molecule has 22 heteroatoms. The van der Waals surface area contributed by atoms with E-state index in [9.17, 15) is 43.2 Å². The largest absolute Gasteiger partial charge is 0.509 e. The lowest BCUT2D eigenvalue weighted by Gasteiger charge is -2.35. The van der Waals surface area contributed by atoms with Gasteiger partial charge in [0.15, 0.2) is 11.6 Å². The molecule has 1 aliphatic carbocycles. The Labute approximate surface area is 505 Å². The number of carbonyl (C=O) groups excluding carboxylic acids is 8. The van der Waals surface area contributed by atoms with Crippen molar-refractivity contribution in [2.24, 2.45) is 23.5 Å². The van der Waals surface area contributed by atoms with Crippen LogP contribution < -0.4 is 16.6 Å². The van der Waals surface area contributed by atoms with Crippen molar-refractivity contribution in [3.8, 4) is 11.4 Å². The van der Waals surface area contributed by atoms with Gasteiger partial charge in [0.05, 0.1) is 54.5 Å².